The normalized spacial score (nSPS) is 10.6. The number of nitrogens with one attached hydrogen (secondary N) is 3. The molecule has 0 aliphatic rings. The molecule has 0 unspecified atom stereocenters. The van der Waals surface area contributed by atoms with Crippen molar-refractivity contribution in [3.8, 4) is 12.1 Å². The Labute approximate surface area is 244 Å². The maximum atomic E-state index is 13.6. The zero-order chi connectivity index (χ0) is 29.9. The van der Waals surface area contributed by atoms with Crippen molar-refractivity contribution in [2.75, 3.05) is 24.3 Å². The van der Waals surface area contributed by atoms with E-state index in [1.54, 1.807) is 36.5 Å². The van der Waals surface area contributed by atoms with E-state index >= 15 is 0 Å². The summed E-state index contributed by atoms with van der Waals surface area (Å²) in [6.45, 7) is 4.32. The summed E-state index contributed by atoms with van der Waals surface area (Å²) in [5.41, 5.74) is 6.19. The van der Waals surface area contributed by atoms with Gasteiger partial charge in [0.2, 0.25) is 5.95 Å². The zero-order valence-corrected chi connectivity index (χ0v) is 23.6. The lowest BCUT2D eigenvalue weighted by atomic mass is 10.0. The van der Waals surface area contributed by atoms with Crippen LogP contribution in [0.3, 0.4) is 0 Å². The predicted octanol–water partition coefficient (Wildman–Crippen LogP) is 5.50. The summed E-state index contributed by atoms with van der Waals surface area (Å²) in [6, 6.07) is 20.6. The van der Waals surface area contributed by atoms with Gasteiger partial charge in [-0.25, -0.2) is 4.98 Å². The summed E-state index contributed by atoms with van der Waals surface area (Å²) in [7, 11) is 1.54. The van der Waals surface area contributed by atoms with Gasteiger partial charge in [-0.2, -0.15) is 15.5 Å². The molecule has 1 amide bonds. The van der Waals surface area contributed by atoms with Gasteiger partial charge in [0.1, 0.15) is 11.4 Å². The van der Waals surface area contributed by atoms with E-state index in [1.165, 1.54) is 13.2 Å². The molecule has 0 saturated heterocycles. The number of pyridine rings is 1. The quantitative estimate of drug-likeness (QED) is 0.203. The van der Waals surface area contributed by atoms with Gasteiger partial charge >= 0.3 is 0 Å². The minimum Gasteiger partial charge on any atom is -0.378 e. The third-order valence-corrected chi connectivity index (χ3v) is 6.30. The SMILES string of the molecule is COCc1nc(Nc2ccc(C#N)cc2)nc(Nc2c(C)cc(/C=C/C#N)cc2C)c1C(=O)NCCc1ccccn1. The van der Waals surface area contributed by atoms with Crippen LogP contribution in [0.25, 0.3) is 6.08 Å². The van der Waals surface area contributed by atoms with Gasteiger partial charge in [-0.1, -0.05) is 6.07 Å². The van der Waals surface area contributed by atoms with Crippen LogP contribution >= 0.6 is 0 Å². The van der Waals surface area contributed by atoms with Crippen molar-refractivity contribution in [2.45, 2.75) is 26.9 Å². The summed E-state index contributed by atoms with van der Waals surface area (Å²) in [4.78, 5) is 27.3. The molecule has 0 aliphatic heterocycles. The highest BCUT2D eigenvalue weighted by atomic mass is 16.5. The number of carbonyl (C=O) groups is 1. The molecule has 3 N–H and O–H groups in total. The molecule has 4 aromatic rings. The molecule has 10 heteroatoms. The molecule has 0 atom stereocenters. The second-order valence-electron chi connectivity index (χ2n) is 9.41. The van der Waals surface area contributed by atoms with Gasteiger partial charge in [0.05, 0.1) is 30.0 Å². The van der Waals surface area contributed by atoms with E-state index in [0.717, 1.165) is 28.1 Å². The topological polar surface area (TPSA) is 149 Å². The molecule has 0 saturated carbocycles. The number of aryl methyl sites for hydroxylation is 2. The van der Waals surface area contributed by atoms with Crippen LogP contribution in [0.5, 0.6) is 0 Å². The van der Waals surface area contributed by atoms with E-state index in [4.69, 9.17) is 20.2 Å². The van der Waals surface area contributed by atoms with Gasteiger partial charge in [0.15, 0.2) is 0 Å². The Morgan fingerprint density at radius 1 is 1.02 bits per heavy atom. The molecule has 2 aromatic carbocycles. The van der Waals surface area contributed by atoms with Crippen LogP contribution in [-0.4, -0.2) is 34.5 Å². The Balaban J connectivity index is 1.73. The molecule has 2 heterocycles. The molecule has 0 radical (unpaired) electrons. The number of amides is 1. The second kappa shape index (κ2) is 14.2. The molecule has 210 valence electrons. The average Bonchev–Trinajstić information content (AvgIpc) is 2.99. The fourth-order valence-corrected chi connectivity index (χ4v) is 4.37. The number of methoxy groups -OCH3 is 1. The molecule has 2 aromatic heterocycles. The largest absolute Gasteiger partial charge is 0.378 e. The lowest BCUT2D eigenvalue weighted by molar-refractivity contribution is 0.0948. The van der Waals surface area contributed by atoms with Crippen LogP contribution in [0.1, 0.15) is 44.0 Å². The highest BCUT2D eigenvalue weighted by molar-refractivity contribution is 6.01. The number of nitrogens with zero attached hydrogens (tertiary/aromatic N) is 5. The molecule has 0 bridgehead atoms. The predicted molar refractivity (Wildman–Crippen MR) is 161 cm³/mol. The first kappa shape index (κ1) is 29.4. The summed E-state index contributed by atoms with van der Waals surface area (Å²) < 4.78 is 5.43. The molecule has 0 spiro atoms. The number of nitriles is 2. The smallest absolute Gasteiger partial charge is 0.257 e. The van der Waals surface area contributed by atoms with Gasteiger partial charge in [0.25, 0.3) is 5.91 Å². The Bertz CT molecular complexity index is 1650. The van der Waals surface area contributed by atoms with Gasteiger partial charge in [-0.3, -0.25) is 9.78 Å². The standard InChI is InChI=1S/C32H30N8O2/c1-21-17-24(7-6-14-33)18-22(2)29(21)39-30-28(31(41)36-16-13-25-8-4-5-15-35-25)27(20-42-3)38-32(40-30)37-26-11-9-23(19-34)10-12-26/h4-12,15,17-18H,13,16,20H2,1-3H3,(H,36,41)(H2,37,38,39,40)/b7-6+. The molecule has 42 heavy (non-hydrogen) atoms. The Morgan fingerprint density at radius 2 is 1.79 bits per heavy atom. The van der Waals surface area contributed by atoms with Crippen LogP contribution in [0.2, 0.25) is 0 Å². The van der Waals surface area contributed by atoms with Crippen LogP contribution in [0.15, 0.2) is 66.9 Å². The van der Waals surface area contributed by atoms with Crippen molar-refractivity contribution in [2.24, 2.45) is 0 Å². The van der Waals surface area contributed by atoms with Crippen molar-refractivity contribution in [1.29, 1.82) is 10.5 Å². The first-order valence-corrected chi connectivity index (χ1v) is 13.2. The third kappa shape index (κ3) is 7.54. The first-order chi connectivity index (χ1) is 20.4. The Kier molecular flexibility index (Phi) is 9.92. The van der Waals surface area contributed by atoms with Crippen molar-refractivity contribution in [1.82, 2.24) is 20.3 Å². The van der Waals surface area contributed by atoms with E-state index in [-0.39, 0.29) is 24.0 Å². The fourth-order valence-electron chi connectivity index (χ4n) is 4.37. The van der Waals surface area contributed by atoms with Crippen molar-refractivity contribution in [3.63, 3.8) is 0 Å². The fraction of sp³-hybridized carbons (Fsp3) is 0.188. The Morgan fingerprint density at radius 3 is 2.43 bits per heavy atom. The molecule has 10 nitrogen and oxygen atoms in total. The second-order valence-corrected chi connectivity index (χ2v) is 9.41. The highest BCUT2D eigenvalue weighted by Gasteiger charge is 2.22. The van der Waals surface area contributed by atoms with Crippen molar-refractivity contribution in [3.05, 3.63) is 106 Å². The van der Waals surface area contributed by atoms with E-state index < -0.39 is 0 Å². The number of aromatic nitrogens is 3. The van der Waals surface area contributed by atoms with E-state index in [1.807, 2.05) is 50.2 Å². The Hall–Kier alpha value is -5.58. The monoisotopic (exact) mass is 558 g/mol. The van der Waals surface area contributed by atoms with Crippen LogP contribution in [0.4, 0.5) is 23.1 Å². The van der Waals surface area contributed by atoms with Gasteiger partial charge in [-0.15, -0.1) is 0 Å². The lowest BCUT2D eigenvalue weighted by Gasteiger charge is -2.19. The number of allylic oxidation sites excluding steroid dienone is 1. The van der Waals surface area contributed by atoms with Crippen molar-refractivity contribution < 1.29 is 9.53 Å². The molecular formula is C32H30N8O2. The van der Waals surface area contributed by atoms with Gasteiger partial charge in [0, 0.05) is 49.4 Å². The van der Waals surface area contributed by atoms with Crippen LogP contribution in [-0.2, 0) is 17.8 Å². The summed E-state index contributed by atoms with van der Waals surface area (Å²) in [5.74, 6) is 0.201. The maximum Gasteiger partial charge on any atom is 0.257 e. The number of benzene rings is 2. The number of rotatable bonds is 11. The van der Waals surface area contributed by atoms with Gasteiger partial charge < -0.3 is 20.7 Å². The van der Waals surface area contributed by atoms with Gasteiger partial charge in [-0.05, 0) is 85.1 Å². The zero-order valence-electron chi connectivity index (χ0n) is 23.6. The first-order valence-electron chi connectivity index (χ1n) is 13.2. The minimum absolute atomic E-state index is 0.0676. The maximum absolute atomic E-state index is 13.6. The number of ether oxygens (including phenoxy) is 1. The molecule has 0 aliphatic carbocycles. The lowest BCUT2D eigenvalue weighted by Crippen LogP contribution is -2.29. The van der Waals surface area contributed by atoms with Crippen LogP contribution in [0, 0.1) is 36.5 Å². The number of hydrogen-bond donors (Lipinski definition) is 3. The molecule has 0 fully saturated rings. The number of anilines is 4. The molecule has 4 rings (SSSR count). The molecular weight excluding hydrogens is 528 g/mol. The van der Waals surface area contributed by atoms with E-state index in [2.05, 4.69) is 32.0 Å². The van der Waals surface area contributed by atoms with E-state index in [0.29, 0.717) is 35.7 Å². The summed E-state index contributed by atoms with van der Waals surface area (Å²) in [6.07, 6.45) is 5.45. The number of hydrogen-bond acceptors (Lipinski definition) is 9. The summed E-state index contributed by atoms with van der Waals surface area (Å²) >= 11 is 0. The van der Waals surface area contributed by atoms with Crippen molar-refractivity contribution >= 4 is 35.1 Å². The number of carbonyl (C=O) groups excluding carboxylic acids is 1. The summed E-state index contributed by atoms with van der Waals surface area (Å²) in [5, 5.41) is 27.6. The van der Waals surface area contributed by atoms with E-state index in [9.17, 15) is 4.79 Å². The third-order valence-electron chi connectivity index (χ3n) is 6.30. The highest BCUT2D eigenvalue weighted by Crippen LogP contribution is 2.30. The average molecular weight is 559 g/mol. The van der Waals surface area contributed by atoms with Crippen LogP contribution < -0.4 is 16.0 Å². The minimum atomic E-state index is -0.353.